The lowest BCUT2D eigenvalue weighted by molar-refractivity contribution is -0.116. The molecule has 1 fully saturated rings. The summed E-state index contributed by atoms with van der Waals surface area (Å²) in [6.45, 7) is 3.50. The standard InChI is InChI=1S/C9H12O3/c1-5(2)9(12)8-6(10)3-4-7(8)11/h5,12H,3-4H2,1-2H3. The molecule has 0 aliphatic heterocycles. The minimum atomic E-state index is -0.216. The lowest BCUT2D eigenvalue weighted by Gasteiger charge is -2.05. The maximum atomic E-state index is 11.1. The summed E-state index contributed by atoms with van der Waals surface area (Å²) < 4.78 is 0. The summed E-state index contributed by atoms with van der Waals surface area (Å²) in [7, 11) is 0. The number of hydrogen-bond donors (Lipinski definition) is 1. The van der Waals surface area contributed by atoms with Gasteiger partial charge in [-0.15, -0.1) is 0 Å². The van der Waals surface area contributed by atoms with Gasteiger partial charge in [-0.25, -0.2) is 0 Å². The van der Waals surface area contributed by atoms with Crippen LogP contribution in [0.3, 0.4) is 0 Å². The molecular formula is C9H12O3. The highest BCUT2D eigenvalue weighted by molar-refractivity contribution is 6.25. The quantitative estimate of drug-likeness (QED) is 0.365. The van der Waals surface area contributed by atoms with Crippen LogP contribution >= 0.6 is 0 Å². The summed E-state index contributed by atoms with van der Waals surface area (Å²) in [5.41, 5.74) is 0.0324. The van der Waals surface area contributed by atoms with Gasteiger partial charge in [0.25, 0.3) is 0 Å². The van der Waals surface area contributed by atoms with Gasteiger partial charge in [0.15, 0.2) is 11.6 Å². The van der Waals surface area contributed by atoms with E-state index in [0.717, 1.165) is 0 Å². The Morgan fingerprint density at radius 3 is 2.00 bits per heavy atom. The average molecular weight is 168 g/mol. The second-order valence-electron chi connectivity index (χ2n) is 3.26. The van der Waals surface area contributed by atoms with E-state index in [2.05, 4.69) is 0 Å². The van der Waals surface area contributed by atoms with Crippen molar-refractivity contribution in [2.24, 2.45) is 5.92 Å². The molecule has 1 aliphatic rings. The van der Waals surface area contributed by atoms with Gasteiger partial charge >= 0.3 is 0 Å². The Balaban J connectivity index is 3.06. The molecule has 0 aromatic heterocycles. The zero-order valence-corrected chi connectivity index (χ0v) is 7.26. The topological polar surface area (TPSA) is 54.4 Å². The minimum absolute atomic E-state index is 0.0324. The van der Waals surface area contributed by atoms with Crippen LogP contribution in [-0.4, -0.2) is 16.7 Å². The molecule has 0 saturated heterocycles. The van der Waals surface area contributed by atoms with Crippen molar-refractivity contribution in [2.75, 3.05) is 0 Å². The molecule has 0 unspecified atom stereocenters. The monoisotopic (exact) mass is 168 g/mol. The maximum absolute atomic E-state index is 11.1. The van der Waals surface area contributed by atoms with Crippen molar-refractivity contribution in [3.05, 3.63) is 11.3 Å². The Morgan fingerprint density at radius 2 is 1.67 bits per heavy atom. The molecule has 0 heterocycles. The summed E-state index contributed by atoms with van der Waals surface area (Å²) in [5.74, 6) is -0.633. The number of allylic oxidation sites excluding steroid dienone is 2. The molecule has 1 rings (SSSR count). The second kappa shape index (κ2) is 3.09. The van der Waals surface area contributed by atoms with E-state index in [1.807, 2.05) is 0 Å². The molecule has 0 bridgehead atoms. The molecule has 0 radical (unpaired) electrons. The second-order valence-corrected chi connectivity index (χ2v) is 3.26. The third-order valence-electron chi connectivity index (χ3n) is 1.94. The van der Waals surface area contributed by atoms with E-state index in [-0.39, 0.29) is 41.7 Å². The molecule has 12 heavy (non-hydrogen) atoms. The molecule has 0 spiro atoms. The number of aliphatic hydroxyl groups is 1. The van der Waals surface area contributed by atoms with Crippen LogP contribution in [0, 0.1) is 5.92 Å². The highest BCUT2D eigenvalue weighted by Gasteiger charge is 2.30. The highest BCUT2D eigenvalue weighted by Crippen LogP contribution is 2.22. The van der Waals surface area contributed by atoms with Crippen LogP contribution < -0.4 is 0 Å². The number of ketones is 2. The summed E-state index contributed by atoms with van der Waals surface area (Å²) in [4.78, 5) is 22.2. The van der Waals surface area contributed by atoms with Gasteiger partial charge in [-0.3, -0.25) is 9.59 Å². The lowest BCUT2D eigenvalue weighted by atomic mass is 10.0. The summed E-state index contributed by atoms with van der Waals surface area (Å²) in [6.07, 6.45) is 0.510. The van der Waals surface area contributed by atoms with Crippen molar-refractivity contribution in [1.29, 1.82) is 0 Å². The van der Waals surface area contributed by atoms with E-state index in [0.29, 0.717) is 0 Å². The average Bonchev–Trinajstić information content (AvgIpc) is 2.30. The van der Waals surface area contributed by atoms with E-state index in [1.165, 1.54) is 0 Å². The fourth-order valence-electron chi connectivity index (χ4n) is 1.21. The summed E-state index contributed by atoms with van der Waals surface area (Å²) >= 11 is 0. The van der Waals surface area contributed by atoms with Crippen LogP contribution in [0.5, 0.6) is 0 Å². The van der Waals surface area contributed by atoms with E-state index in [4.69, 9.17) is 0 Å². The van der Waals surface area contributed by atoms with Crippen LogP contribution in [-0.2, 0) is 9.59 Å². The van der Waals surface area contributed by atoms with Crippen molar-refractivity contribution in [2.45, 2.75) is 26.7 Å². The van der Waals surface area contributed by atoms with E-state index >= 15 is 0 Å². The zero-order chi connectivity index (χ0) is 9.30. The smallest absolute Gasteiger partial charge is 0.170 e. The highest BCUT2D eigenvalue weighted by atomic mass is 16.3. The summed E-state index contributed by atoms with van der Waals surface area (Å²) in [6, 6.07) is 0. The number of hydrogen-bond acceptors (Lipinski definition) is 3. The van der Waals surface area contributed by atoms with Crippen molar-refractivity contribution in [1.82, 2.24) is 0 Å². The van der Waals surface area contributed by atoms with Crippen LogP contribution in [0.2, 0.25) is 0 Å². The number of rotatable bonds is 1. The van der Waals surface area contributed by atoms with Gasteiger partial charge in [0.2, 0.25) is 0 Å². The van der Waals surface area contributed by atoms with Crippen molar-refractivity contribution < 1.29 is 14.7 Å². The third kappa shape index (κ3) is 1.40. The predicted molar refractivity (Wildman–Crippen MR) is 43.7 cm³/mol. The van der Waals surface area contributed by atoms with Gasteiger partial charge < -0.3 is 5.11 Å². The number of carbonyl (C=O) groups excluding carboxylic acids is 2. The first kappa shape index (κ1) is 8.97. The number of Topliss-reactive ketones (excluding diaryl/α,β-unsaturated/α-hetero) is 2. The Labute approximate surface area is 71.1 Å². The molecular weight excluding hydrogens is 156 g/mol. The van der Waals surface area contributed by atoms with Crippen molar-refractivity contribution in [3.8, 4) is 0 Å². The molecule has 3 nitrogen and oxygen atoms in total. The van der Waals surface area contributed by atoms with Crippen LogP contribution in [0.15, 0.2) is 11.3 Å². The molecule has 3 heteroatoms. The minimum Gasteiger partial charge on any atom is -0.511 e. The molecule has 1 saturated carbocycles. The molecule has 0 amide bonds. The van der Waals surface area contributed by atoms with Gasteiger partial charge in [-0.05, 0) is 0 Å². The SMILES string of the molecule is CC(C)C(O)=C1C(=O)CCC1=O. The lowest BCUT2D eigenvalue weighted by Crippen LogP contribution is -2.08. The Kier molecular flexibility index (Phi) is 2.31. The molecule has 0 aromatic carbocycles. The zero-order valence-electron chi connectivity index (χ0n) is 7.26. The van der Waals surface area contributed by atoms with Gasteiger partial charge in [0.05, 0.1) is 5.57 Å². The van der Waals surface area contributed by atoms with Crippen LogP contribution in [0.25, 0.3) is 0 Å². The Morgan fingerprint density at radius 1 is 1.25 bits per heavy atom. The molecule has 1 aliphatic carbocycles. The van der Waals surface area contributed by atoms with E-state index in [1.54, 1.807) is 13.8 Å². The predicted octanol–water partition coefficient (Wildman–Crippen LogP) is 1.39. The summed E-state index contributed by atoms with van der Waals surface area (Å²) in [5, 5.41) is 9.41. The molecule has 0 atom stereocenters. The number of aliphatic hydroxyl groups excluding tert-OH is 1. The van der Waals surface area contributed by atoms with Crippen molar-refractivity contribution >= 4 is 11.6 Å². The van der Waals surface area contributed by atoms with Gasteiger partial charge in [-0.1, -0.05) is 13.8 Å². The molecule has 0 aromatic rings. The fraction of sp³-hybridized carbons (Fsp3) is 0.556. The Bertz CT molecular complexity index is 243. The Hall–Kier alpha value is -1.12. The molecule has 66 valence electrons. The first-order valence-corrected chi connectivity index (χ1v) is 4.03. The third-order valence-corrected chi connectivity index (χ3v) is 1.94. The first-order chi connectivity index (χ1) is 5.54. The largest absolute Gasteiger partial charge is 0.511 e. The van der Waals surface area contributed by atoms with Crippen LogP contribution in [0.4, 0.5) is 0 Å². The molecule has 1 N–H and O–H groups in total. The van der Waals surface area contributed by atoms with E-state index < -0.39 is 0 Å². The number of carbonyl (C=O) groups is 2. The van der Waals surface area contributed by atoms with Gasteiger partial charge in [-0.2, -0.15) is 0 Å². The van der Waals surface area contributed by atoms with Crippen LogP contribution in [0.1, 0.15) is 26.7 Å². The first-order valence-electron chi connectivity index (χ1n) is 4.03. The van der Waals surface area contributed by atoms with Gasteiger partial charge in [0, 0.05) is 18.8 Å². The maximum Gasteiger partial charge on any atom is 0.170 e. The van der Waals surface area contributed by atoms with Gasteiger partial charge in [0.1, 0.15) is 5.76 Å². The normalized spacial score (nSPS) is 17.8. The van der Waals surface area contributed by atoms with E-state index in [9.17, 15) is 14.7 Å². The fourth-order valence-corrected chi connectivity index (χ4v) is 1.21. The van der Waals surface area contributed by atoms with Crippen molar-refractivity contribution in [3.63, 3.8) is 0 Å².